The Kier molecular flexibility index (Phi) is 4.76. The first-order chi connectivity index (χ1) is 4.31. The summed E-state index contributed by atoms with van der Waals surface area (Å²) < 4.78 is 0. The molecular formula is C5H9NO3. The van der Waals surface area contributed by atoms with E-state index in [0.717, 1.165) is 0 Å². The number of hydrogen-bond acceptors (Lipinski definition) is 4. The van der Waals surface area contributed by atoms with Crippen molar-refractivity contribution in [2.45, 2.75) is 0 Å². The van der Waals surface area contributed by atoms with Crippen LogP contribution in [0.5, 0.6) is 0 Å². The molecule has 0 heterocycles. The summed E-state index contributed by atoms with van der Waals surface area (Å²) in [7, 11) is 0. The van der Waals surface area contributed by atoms with Crippen molar-refractivity contribution < 1.29 is 14.7 Å². The van der Waals surface area contributed by atoms with Crippen LogP contribution in [0.4, 0.5) is 0 Å². The maximum Gasteiger partial charge on any atom is 0.350 e. The van der Waals surface area contributed by atoms with Crippen molar-refractivity contribution in [3.8, 4) is 0 Å². The second kappa shape index (κ2) is 5.27. The SMILES string of the molecule is C=CCNOC(=O)CO. The summed E-state index contributed by atoms with van der Waals surface area (Å²) in [5.41, 5.74) is 2.26. The molecule has 2 N–H and O–H groups in total. The van der Waals surface area contributed by atoms with Gasteiger partial charge in [-0.15, -0.1) is 12.1 Å². The first kappa shape index (κ1) is 8.13. The molecule has 0 radical (unpaired) electrons. The Morgan fingerprint density at radius 3 is 3.00 bits per heavy atom. The van der Waals surface area contributed by atoms with E-state index < -0.39 is 12.6 Å². The highest BCUT2D eigenvalue weighted by molar-refractivity contribution is 5.69. The largest absolute Gasteiger partial charge is 0.385 e. The monoisotopic (exact) mass is 131 g/mol. The minimum atomic E-state index is -0.697. The summed E-state index contributed by atoms with van der Waals surface area (Å²) >= 11 is 0. The molecule has 0 amide bonds. The molecule has 4 nitrogen and oxygen atoms in total. The third kappa shape index (κ3) is 4.99. The zero-order valence-electron chi connectivity index (χ0n) is 4.96. The zero-order chi connectivity index (χ0) is 7.11. The molecule has 0 aliphatic carbocycles. The average molecular weight is 131 g/mol. The zero-order valence-corrected chi connectivity index (χ0v) is 4.96. The molecule has 0 atom stereocenters. The fourth-order valence-electron chi connectivity index (χ4n) is 0.213. The van der Waals surface area contributed by atoms with Gasteiger partial charge >= 0.3 is 5.97 Å². The van der Waals surface area contributed by atoms with Gasteiger partial charge in [0, 0.05) is 6.54 Å². The Morgan fingerprint density at radius 2 is 2.56 bits per heavy atom. The lowest BCUT2D eigenvalue weighted by Gasteiger charge is -1.98. The number of carbonyl (C=O) groups excluding carboxylic acids is 1. The van der Waals surface area contributed by atoms with Crippen molar-refractivity contribution in [1.29, 1.82) is 0 Å². The second-order valence-electron chi connectivity index (χ2n) is 1.27. The number of hydroxylamine groups is 1. The lowest BCUT2D eigenvalue weighted by molar-refractivity contribution is -0.153. The van der Waals surface area contributed by atoms with E-state index in [4.69, 9.17) is 5.11 Å². The fourth-order valence-corrected chi connectivity index (χ4v) is 0.213. The van der Waals surface area contributed by atoms with E-state index in [0.29, 0.717) is 6.54 Å². The smallest absolute Gasteiger partial charge is 0.350 e. The molecule has 0 saturated heterocycles. The molecule has 0 aliphatic heterocycles. The molecule has 0 rings (SSSR count). The van der Waals surface area contributed by atoms with Gasteiger partial charge in [0.1, 0.15) is 6.61 Å². The van der Waals surface area contributed by atoms with Crippen molar-refractivity contribution in [3.05, 3.63) is 12.7 Å². The van der Waals surface area contributed by atoms with Gasteiger partial charge in [0.05, 0.1) is 0 Å². The first-order valence-corrected chi connectivity index (χ1v) is 2.45. The van der Waals surface area contributed by atoms with E-state index in [1.807, 2.05) is 0 Å². The van der Waals surface area contributed by atoms with Crippen molar-refractivity contribution in [2.24, 2.45) is 0 Å². The molecule has 0 aromatic carbocycles. The van der Waals surface area contributed by atoms with E-state index in [9.17, 15) is 4.79 Å². The Morgan fingerprint density at radius 1 is 1.89 bits per heavy atom. The normalized spacial score (nSPS) is 8.56. The first-order valence-electron chi connectivity index (χ1n) is 2.45. The Balaban J connectivity index is 3.06. The lowest BCUT2D eigenvalue weighted by Crippen LogP contribution is -2.21. The quantitative estimate of drug-likeness (QED) is 0.298. The molecule has 52 valence electrons. The lowest BCUT2D eigenvalue weighted by atomic mass is 10.7. The Labute approximate surface area is 53.1 Å². The summed E-state index contributed by atoms with van der Waals surface area (Å²) in [6, 6.07) is 0. The number of nitrogens with one attached hydrogen (secondary N) is 1. The summed E-state index contributed by atoms with van der Waals surface area (Å²) in [4.78, 5) is 14.3. The number of carbonyl (C=O) groups is 1. The topological polar surface area (TPSA) is 58.6 Å². The molecule has 4 heteroatoms. The van der Waals surface area contributed by atoms with Crippen LogP contribution in [-0.2, 0) is 9.63 Å². The van der Waals surface area contributed by atoms with Crippen LogP contribution in [0.15, 0.2) is 12.7 Å². The number of rotatable bonds is 4. The van der Waals surface area contributed by atoms with Crippen LogP contribution in [0, 0.1) is 0 Å². The highest BCUT2D eigenvalue weighted by Crippen LogP contribution is 1.68. The van der Waals surface area contributed by atoms with Gasteiger partial charge < -0.3 is 9.94 Å². The van der Waals surface area contributed by atoms with Crippen LogP contribution in [0.3, 0.4) is 0 Å². The van der Waals surface area contributed by atoms with Gasteiger partial charge in [-0.3, -0.25) is 0 Å². The molecule has 0 aromatic heterocycles. The Bertz CT molecular complexity index is 102. The van der Waals surface area contributed by atoms with Gasteiger partial charge in [-0.25, -0.2) is 4.79 Å². The molecule has 0 aromatic rings. The number of aliphatic hydroxyl groups excluding tert-OH is 1. The van der Waals surface area contributed by atoms with E-state index >= 15 is 0 Å². The third-order valence-electron chi connectivity index (χ3n) is 0.543. The Hall–Kier alpha value is -0.870. The van der Waals surface area contributed by atoms with Crippen LogP contribution in [0.25, 0.3) is 0 Å². The van der Waals surface area contributed by atoms with Gasteiger partial charge in [0.25, 0.3) is 0 Å². The number of aliphatic hydroxyl groups is 1. The van der Waals surface area contributed by atoms with Crippen molar-refractivity contribution in [3.63, 3.8) is 0 Å². The second-order valence-corrected chi connectivity index (χ2v) is 1.27. The van der Waals surface area contributed by atoms with Gasteiger partial charge in [-0.2, -0.15) is 0 Å². The van der Waals surface area contributed by atoms with Gasteiger partial charge in [-0.1, -0.05) is 6.08 Å². The summed E-state index contributed by atoms with van der Waals surface area (Å²) in [5.74, 6) is -0.697. The summed E-state index contributed by atoms with van der Waals surface area (Å²) in [6.07, 6.45) is 1.53. The predicted octanol–water partition coefficient (Wildman–Crippen LogP) is -0.788. The average Bonchev–Trinajstić information content (AvgIpc) is 1.89. The number of hydrogen-bond donors (Lipinski definition) is 2. The van der Waals surface area contributed by atoms with E-state index in [1.165, 1.54) is 6.08 Å². The van der Waals surface area contributed by atoms with Crippen LogP contribution >= 0.6 is 0 Å². The van der Waals surface area contributed by atoms with Gasteiger partial charge in [-0.05, 0) is 0 Å². The molecule has 0 aliphatic rings. The minimum absolute atomic E-state index is 0.381. The fraction of sp³-hybridized carbons (Fsp3) is 0.400. The van der Waals surface area contributed by atoms with E-state index in [1.54, 1.807) is 0 Å². The molecule has 0 fully saturated rings. The maximum absolute atomic E-state index is 10.1. The minimum Gasteiger partial charge on any atom is -0.385 e. The molecule has 0 spiro atoms. The van der Waals surface area contributed by atoms with E-state index in [2.05, 4.69) is 16.9 Å². The van der Waals surface area contributed by atoms with Crippen LogP contribution in [-0.4, -0.2) is 24.2 Å². The van der Waals surface area contributed by atoms with Crippen LogP contribution < -0.4 is 5.48 Å². The molecule has 0 unspecified atom stereocenters. The van der Waals surface area contributed by atoms with Crippen molar-refractivity contribution >= 4 is 5.97 Å². The molecular weight excluding hydrogens is 122 g/mol. The standard InChI is InChI=1S/C5H9NO3/c1-2-3-6-9-5(8)4-7/h2,6-7H,1,3-4H2. The van der Waals surface area contributed by atoms with Crippen LogP contribution in [0.2, 0.25) is 0 Å². The van der Waals surface area contributed by atoms with Gasteiger partial charge in [0.2, 0.25) is 0 Å². The van der Waals surface area contributed by atoms with Gasteiger partial charge in [0.15, 0.2) is 0 Å². The molecule has 0 saturated carbocycles. The molecule has 9 heavy (non-hydrogen) atoms. The van der Waals surface area contributed by atoms with Crippen molar-refractivity contribution in [1.82, 2.24) is 5.48 Å². The van der Waals surface area contributed by atoms with E-state index in [-0.39, 0.29) is 0 Å². The predicted molar refractivity (Wildman–Crippen MR) is 31.4 cm³/mol. The molecule has 0 bridgehead atoms. The van der Waals surface area contributed by atoms with Crippen LogP contribution in [0.1, 0.15) is 0 Å². The maximum atomic E-state index is 10.1. The highest BCUT2D eigenvalue weighted by Gasteiger charge is 1.95. The third-order valence-corrected chi connectivity index (χ3v) is 0.543. The van der Waals surface area contributed by atoms with Crippen molar-refractivity contribution in [2.75, 3.05) is 13.2 Å². The highest BCUT2D eigenvalue weighted by atomic mass is 16.7. The summed E-state index contributed by atoms with van der Waals surface area (Å²) in [5, 5.41) is 8.09. The summed E-state index contributed by atoms with van der Waals surface area (Å²) in [6.45, 7) is 3.14.